The molecule has 1 saturated carbocycles. The maximum atomic E-state index is 15.3. The molecule has 1 aliphatic carbocycles. The third kappa shape index (κ3) is 3.96. The summed E-state index contributed by atoms with van der Waals surface area (Å²) in [5.74, 6) is -0.103. The van der Waals surface area contributed by atoms with Crippen molar-refractivity contribution in [2.24, 2.45) is 5.41 Å². The average molecular weight is 422 g/mol. The molecule has 0 spiro atoms. The first kappa shape index (κ1) is 20.9. The Balaban J connectivity index is 1.54. The fourth-order valence-electron chi connectivity index (χ4n) is 4.55. The fraction of sp³-hybridized carbons (Fsp3) is 0.545. The molecule has 1 N–H and O–H groups in total. The normalized spacial score (nSPS) is 20.8. The van der Waals surface area contributed by atoms with Crippen molar-refractivity contribution in [3.63, 3.8) is 0 Å². The molecule has 4 nitrogen and oxygen atoms in total. The lowest BCUT2D eigenvalue weighted by Gasteiger charge is -2.41. The van der Waals surface area contributed by atoms with E-state index in [1.165, 1.54) is 24.9 Å². The Hall–Kier alpha value is -2.38. The number of alkyl halides is 3. The summed E-state index contributed by atoms with van der Waals surface area (Å²) < 4.78 is 53.8. The van der Waals surface area contributed by atoms with Gasteiger partial charge in [-0.2, -0.15) is 17.6 Å². The molecule has 1 unspecified atom stereocenters. The first-order valence-electron chi connectivity index (χ1n) is 10.5. The number of anilines is 2. The summed E-state index contributed by atoms with van der Waals surface area (Å²) in [4.78, 5) is 10.1. The molecule has 2 fully saturated rings. The Morgan fingerprint density at radius 2 is 1.87 bits per heavy atom. The number of rotatable bonds is 6. The lowest BCUT2D eigenvalue weighted by Crippen LogP contribution is -2.36. The molecule has 1 aliphatic heterocycles. The van der Waals surface area contributed by atoms with Gasteiger partial charge in [-0.3, -0.25) is 0 Å². The van der Waals surface area contributed by atoms with Gasteiger partial charge in [-0.05, 0) is 55.2 Å². The van der Waals surface area contributed by atoms with E-state index >= 15 is 4.39 Å². The van der Waals surface area contributed by atoms with Crippen LogP contribution in [0.3, 0.4) is 0 Å². The minimum atomic E-state index is -4.37. The molecule has 2 aliphatic rings. The third-order valence-corrected chi connectivity index (χ3v) is 6.71. The number of nitrogens with one attached hydrogen (secondary N) is 1. The highest BCUT2D eigenvalue weighted by atomic mass is 19.4. The zero-order valence-electron chi connectivity index (χ0n) is 17.0. The quantitative estimate of drug-likeness (QED) is 0.583. The Morgan fingerprint density at radius 1 is 1.13 bits per heavy atom. The molecule has 1 atom stereocenters. The van der Waals surface area contributed by atoms with Crippen LogP contribution in [-0.4, -0.2) is 23.1 Å². The SMILES string of the molecule is CCC1(CNc2ncnc(N3CCCC3c3ccc(C(F)(F)F)cc3)c2F)CCC1. The van der Waals surface area contributed by atoms with Gasteiger partial charge in [0.1, 0.15) is 6.33 Å². The molecule has 8 heteroatoms. The smallest absolute Gasteiger partial charge is 0.367 e. The molecule has 0 amide bonds. The predicted octanol–water partition coefficient (Wildman–Crippen LogP) is 5.97. The van der Waals surface area contributed by atoms with Gasteiger partial charge in [0.05, 0.1) is 11.6 Å². The van der Waals surface area contributed by atoms with Crippen LogP contribution in [-0.2, 0) is 6.18 Å². The van der Waals surface area contributed by atoms with Gasteiger partial charge >= 0.3 is 6.18 Å². The minimum absolute atomic E-state index is 0.192. The van der Waals surface area contributed by atoms with Crippen LogP contribution in [0.1, 0.15) is 62.6 Å². The van der Waals surface area contributed by atoms with Gasteiger partial charge in [0.25, 0.3) is 0 Å². The highest BCUT2D eigenvalue weighted by Gasteiger charge is 2.36. The number of hydrogen-bond acceptors (Lipinski definition) is 4. The van der Waals surface area contributed by atoms with E-state index in [2.05, 4.69) is 22.2 Å². The van der Waals surface area contributed by atoms with Crippen molar-refractivity contribution in [1.82, 2.24) is 9.97 Å². The molecule has 30 heavy (non-hydrogen) atoms. The number of benzene rings is 1. The van der Waals surface area contributed by atoms with Gasteiger partial charge in [-0.25, -0.2) is 9.97 Å². The monoisotopic (exact) mass is 422 g/mol. The first-order valence-corrected chi connectivity index (χ1v) is 10.5. The molecular formula is C22H26F4N4. The highest BCUT2D eigenvalue weighted by Crippen LogP contribution is 2.44. The molecule has 1 saturated heterocycles. The number of halogens is 4. The maximum Gasteiger partial charge on any atom is 0.416 e. The van der Waals surface area contributed by atoms with Crippen LogP contribution in [0.15, 0.2) is 30.6 Å². The first-order chi connectivity index (χ1) is 14.3. The molecule has 4 rings (SSSR count). The second-order valence-electron chi connectivity index (χ2n) is 8.39. The summed E-state index contributed by atoms with van der Waals surface area (Å²) >= 11 is 0. The molecular weight excluding hydrogens is 396 g/mol. The second kappa shape index (κ2) is 8.04. The van der Waals surface area contributed by atoms with E-state index in [-0.39, 0.29) is 23.1 Å². The average Bonchev–Trinajstić information content (AvgIpc) is 3.17. The van der Waals surface area contributed by atoms with E-state index in [9.17, 15) is 13.2 Å². The summed E-state index contributed by atoms with van der Waals surface area (Å²) in [5, 5.41) is 3.17. The Labute approximate surface area is 173 Å². The minimum Gasteiger partial charge on any atom is -0.367 e. The molecule has 162 valence electrons. The molecule has 0 radical (unpaired) electrons. The largest absolute Gasteiger partial charge is 0.416 e. The van der Waals surface area contributed by atoms with E-state index in [1.807, 2.05) is 4.90 Å². The van der Waals surface area contributed by atoms with Crippen molar-refractivity contribution < 1.29 is 17.6 Å². The van der Waals surface area contributed by atoms with E-state index in [4.69, 9.17) is 0 Å². The number of hydrogen-bond donors (Lipinski definition) is 1. The van der Waals surface area contributed by atoms with Crippen LogP contribution < -0.4 is 10.2 Å². The Kier molecular flexibility index (Phi) is 5.59. The van der Waals surface area contributed by atoms with E-state index in [0.717, 1.165) is 49.8 Å². The van der Waals surface area contributed by atoms with Crippen LogP contribution in [0.2, 0.25) is 0 Å². The standard InChI is InChI=1S/C22H26F4N4/c1-2-21(10-4-11-21)13-27-19-18(23)20(29-14-28-19)30-12-3-5-17(30)15-6-8-16(9-7-15)22(24,25)26/h6-9,14,17H,2-5,10-13H2,1H3,(H,27,28,29). The zero-order valence-corrected chi connectivity index (χ0v) is 17.0. The van der Waals surface area contributed by atoms with E-state index < -0.39 is 17.6 Å². The van der Waals surface area contributed by atoms with Crippen LogP contribution in [0, 0.1) is 11.2 Å². The topological polar surface area (TPSA) is 41.1 Å². The van der Waals surface area contributed by atoms with Crippen LogP contribution in [0.4, 0.5) is 29.2 Å². The van der Waals surface area contributed by atoms with Gasteiger partial charge in [0, 0.05) is 13.1 Å². The highest BCUT2D eigenvalue weighted by molar-refractivity contribution is 5.53. The Bertz CT molecular complexity index is 872. The molecule has 1 aromatic carbocycles. The number of nitrogens with zero attached hydrogens (tertiary/aromatic N) is 3. The van der Waals surface area contributed by atoms with Crippen molar-refractivity contribution in [2.45, 2.75) is 57.7 Å². The lowest BCUT2D eigenvalue weighted by molar-refractivity contribution is -0.137. The predicted molar refractivity (Wildman–Crippen MR) is 108 cm³/mol. The van der Waals surface area contributed by atoms with Crippen molar-refractivity contribution >= 4 is 11.6 Å². The fourth-order valence-corrected chi connectivity index (χ4v) is 4.55. The molecule has 2 heterocycles. The summed E-state index contributed by atoms with van der Waals surface area (Å²) in [6, 6.07) is 4.91. The number of aromatic nitrogens is 2. The van der Waals surface area contributed by atoms with Crippen molar-refractivity contribution in [3.8, 4) is 0 Å². The molecule has 1 aromatic heterocycles. The second-order valence-corrected chi connectivity index (χ2v) is 8.39. The summed E-state index contributed by atoms with van der Waals surface area (Å²) in [5.41, 5.74) is 0.261. The van der Waals surface area contributed by atoms with Gasteiger partial charge in [-0.1, -0.05) is 25.5 Å². The molecule has 0 bridgehead atoms. The maximum absolute atomic E-state index is 15.3. The van der Waals surface area contributed by atoms with Crippen LogP contribution in [0.25, 0.3) is 0 Å². The van der Waals surface area contributed by atoms with Crippen molar-refractivity contribution in [2.75, 3.05) is 23.3 Å². The van der Waals surface area contributed by atoms with Crippen LogP contribution in [0.5, 0.6) is 0 Å². The van der Waals surface area contributed by atoms with Crippen molar-refractivity contribution in [3.05, 3.63) is 47.5 Å². The molecule has 2 aromatic rings. The lowest BCUT2D eigenvalue weighted by atomic mass is 9.67. The zero-order chi connectivity index (χ0) is 21.4. The summed E-state index contributed by atoms with van der Waals surface area (Å²) in [6.45, 7) is 3.43. The van der Waals surface area contributed by atoms with Gasteiger partial charge in [0.15, 0.2) is 11.6 Å². The van der Waals surface area contributed by atoms with Gasteiger partial charge in [0.2, 0.25) is 5.82 Å². The van der Waals surface area contributed by atoms with Gasteiger partial charge < -0.3 is 10.2 Å². The van der Waals surface area contributed by atoms with Crippen LogP contribution >= 0.6 is 0 Å². The summed E-state index contributed by atoms with van der Waals surface area (Å²) in [7, 11) is 0. The van der Waals surface area contributed by atoms with E-state index in [1.54, 1.807) is 0 Å². The Morgan fingerprint density at radius 3 is 2.47 bits per heavy atom. The third-order valence-electron chi connectivity index (χ3n) is 6.71. The van der Waals surface area contributed by atoms with Gasteiger partial charge in [-0.15, -0.1) is 0 Å². The van der Waals surface area contributed by atoms with E-state index in [0.29, 0.717) is 13.1 Å². The summed E-state index contributed by atoms with van der Waals surface area (Å²) in [6.07, 6.45) is 3.05. The van der Waals surface area contributed by atoms with Crippen molar-refractivity contribution in [1.29, 1.82) is 0 Å².